The van der Waals surface area contributed by atoms with Crippen molar-refractivity contribution in [2.45, 2.75) is 23.3 Å². The van der Waals surface area contributed by atoms with E-state index in [0.29, 0.717) is 0 Å². The fraction of sp³-hybridized carbons (Fsp3) is 1.00. The predicted molar refractivity (Wildman–Crippen MR) is 33.6 cm³/mol. The van der Waals surface area contributed by atoms with Crippen LogP contribution in [0.3, 0.4) is 0 Å². The molecule has 0 aliphatic carbocycles. The Bertz CT molecular complexity index is 404. The van der Waals surface area contributed by atoms with Gasteiger partial charge >= 0.3 is 91.6 Å². The van der Waals surface area contributed by atoms with Crippen LogP contribution in [-0.2, 0) is 10.1 Å². The van der Waals surface area contributed by atoms with Gasteiger partial charge in [0.05, 0.1) is 0 Å². The van der Waals surface area contributed by atoms with Gasteiger partial charge < -0.3 is 1.43 Å². The van der Waals surface area contributed by atoms with E-state index in [1.165, 1.54) is 0 Å². The van der Waals surface area contributed by atoms with Crippen molar-refractivity contribution in [1.82, 2.24) is 0 Å². The van der Waals surface area contributed by atoms with Crippen LogP contribution in [0.25, 0.3) is 0 Å². The molecule has 14 heteroatoms. The summed E-state index contributed by atoms with van der Waals surface area (Å²) in [6, 6.07) is 0. The van der Waals surface area contributed by atoms with Crippen LogP contribution in [-0.4, -0.2) is 36.2 Å². The smallest absolute Gasteiger partial charge is 1.00 e. The van der Waals surface area contributed by atoms with E-state index in [1.54, 1.807) is 0 Å². The van der Waals surface area contributed by atoms with Gasteiger partial charge in [-0.15, -0.1) is 0 Å². The summed E-state index contributed by atoms with van der Waals surface area (Å²) >= 11 is 0. The van der Waals surface area contributed by atoms with Crippen molar-refractivity contribution in [2.75, 3.05) is 0 Å². The Balaban J connectivity index is -0.00000128. The molecule has 0 aromatic heterocycles. The van der Waals surface area contributed by atoms with Gasteiger partial charge in [-0.25, -0.2) is 0 Å². The molecule has 106 valence electrons. The van der Waals surface area contributed by atoms with Gasteiger partial charge in [0.2, 0.25) is 0 Å². The fourth-order valence-corrected chi connectivity index (χ4v) is 0.975. The first-order valence-electron chi connectivity index (χ1n) is 3.17. The van der Waals surface area contributed by atoms with Crippen molar-refractivity contribution in [1.29, 1.82) is 0 Å². The van der Waals surface area contributed by atoms with E-state index in [1.807, 2.05) is 0 Å². The molecule has 0 aromatic carbocycles. The van der Waals surface area contributed by atoms with Gasteiger partial charge in [-0.3, -0.25) is 4.55 Å². The molecule has 0 spiro atoms. The molecule has 0 unspecified atom stereocenters. The van der Waals surface area contributed by atoms with Crippen molar-refractivity contribution in [3.05, 3.63) is 0 Å². The Morgan fingerprint density at radius 1 is 0.778 bits per heavy atom. The maximum Gasteiger partial charge on any atom is 1.00 e. The summed E-state index contributed by atoms with van der Waals surface area (Å²) in [6.45, 7) is 0. The molecular formula is C4H2F9O3RbS. The van der Waals surface area contributed by atoms with Gasteiger partial charge in [-0.1, -0.05) is 0 Å². The van der Waals surface area contributed by atoms with Gasteiger partial charge in [-0.05, 0) is 0 Å². The topological polar surface area (TPSA) is 54.4 Å². The van der Waals surface area contributed by atoms with E-state index in [-0.39, 0.29) is 59.6 Å². The third-order valence-electron chi connectivity index (χ3n) is 1.44. The molecule has 0 bridgehead atoms. The minimum atomic E-state index is -7.37. The minimum absolute atomic E-state index is 0. The van der Waals surface area contributed by atoms with Gasteiger partial charge in [-0.2, -0.15) is 47.9 Å². The molecule has 18 heavy (non-hydrogen) atoms. The monoisotopic (exact) mass is 386 g/mol. The number of halogens is 9. The molecule has 0 aliphatic heterocycles. The second kappa shape index (κ2) is 5.46. The predicted octanol–water partition coefficient (Wildman–Crippen LogP) is -0.584. The number of hydrogen-bond acceptors (Lipinski definition) is 2. The third kappa shape index (κ3) is 3.21. The zero-order valence-corrected chi connectivity index (χ0v) is 13.8. The summed E-state index contributed by atoms with van der Waals surface area (Å²) in [5.41, 5.74) is 0. The first-order chi connectivity index (χ1) is 7.00. The SMILES string of the molecule is O=S(=O)(O)C(F)(F)C(F)(F)C(F)(F)C(F)(F)F.[H-].[Rb+]. The van der Waals surface area contributed by atoms with E-state index in [0.717, 1.165) is 0 Å². The quantitative estimate of drug-likeness (QED) is 0.521. The van der Waals surface area contributed by atoms with Gasteiger partial charge in [0.15, 0.2) is 0 Å². The minimum Gasteiger partial charge on any atom is -1.00 e. The van der Waals surface area contributed by atoms with Crippen LogP contribution in [0.5, 0.6) is 0 Å². The third-order valence-corrected chi connectivity index (χ3v) is 2.34. The van der Waals surface area contributed by atoms with Crippen molar-refractivity contribution >= 4 is 10.1 Å². The molecule has 0 fully saturated rings. The molecule has 0 saturated carbocycles. The molecule has 3 nitrogen and oxygen atoms in total. The standard InChI is InChI=1S/C4HF9O3S.Rb.H/c5-1(6,3(9,10)11)2(7,8)4(12,13)17(14,15)16;;/h(H,14,15,16);;/q;+1;-1. The maximum atomic E-state index is 12.2. The number of alkyl halides is 9. The largest absolute Gasteiger partial charge is 1.00 e. The molecule has 0 amide bonds. The summed E-state index contributed by atoms with van der Waals surface area (Å²) in [6.07, 6.45) is -7.13. The van der Waals surface area contributed by atoms with Crippen molar-refractivity contribution < 1.29 is 112 Å². The Morgan fingerprint density at radius 2 is 1.06 bits per heavy atom. The van der Waals surface area contributed by atoms with E-state index >= 15 is 0 Å². The van der Waals surface area contributed by atoms with E-state index < -0.39 is 33.4 Å². The molecule has 0 saturated heterocycles. The summed E-state index contributed by atoms with van der Waals surface area (Å²) in [5, 5.41) is -7.00. The van der Waals surface area contributed by atoms with Crippen LogP contribution in [0.15, 0.2) is 0 Å². The van der Waals surface area contributed by atoms with Crippen LogP contribution >= 0.6 is 0 Å². The van der Waals surface area contributed by atoms with Crippen molar-refractivity contribution in [2.24, 2.45) is 0 Å². The molecule has 0 aliphatic rings. The number of rotatable bonds is 3. The first-order valence-corrected chi connectivity index (χ1v) is 4.61. The van der Waals surface area contributed by atoms with E-state index in [2.05, 4.69) is 0 Å². The van der Waals surface area contributed by atoms with Crippen LogP contribution in [0.4, 0.5) is 39.5 Å². The Kier molecular flexibility index (Phi) is 6.49. The fourth-order valence-electron chi connectivity index (χ4n) is 0.523. The van der Waals surface area contributed by atoms with Crippen LogP contribution < -0.4 is 58.2 Å². The molecule has 1 N–H and O–H groups in total. The summed E-state index contributed by atoms with van der Waals surface area (Å²) < 4.78 is 134. The molecule has 0 radical (unpaired) electrons. The summed E-state index contributed by atoms with van der Waals surface area (Å²) in [7, 11) is -7.17. The van der Waals surface area contributed by atoms with Gasteiger partial charge in [0, 0.05) is 0 Å². The van der Waals surface area contributed by atoms with Crippen molar-refractivity contribution in [3.63, 3.8) is 0 Å². The van der Waals surface area contributed by atoms with Crippen LogP contribution in [0.1, 0.15) is 1.43 Å². The molecule has 0 aromatic rings. The van der Waals surface area contributed by atoms with E-state index in [4.69, 9.17) is 4.55 Å². The van der Waals surface area contributed by atoms with Gasteiger partial charge in [0.1, 0.15) is 0 Å². The average Bonchev–Trinajstić information content (AvgIpc) is 1.98. The van der Waals surface area contributed by atoms with Crippen LogP contribution in [0, 0.1) is 0 Å². The van der Waals surface area contributed by atoms with Crippen molar-refractivity contribution in [3.8, 4) is 0 Å². The van der Waals surface area contributed by atoms with E-state index in [9.17, 15) is 47.9 Å². The normalized spacial score (nSPS) is 15.2. The first kappa shape index (κ1) is 21.4. The molecular weight excluding hydrogens is 385 g/mol. The maximum absolute atomic E-state index is 12.2. The second-order valence-electron chi connectivity index (χ2n) is 2.64. The van der Waals surface area contributed by atoms with Crippen LogP contribution in [0.2, 0.25) is 0 Å². The molecule has 0 heterocycles. The Labute approximate surface area is 144 Å². The molecule has 0 rings (SSSR count). The molecule has 0 atom stereocenters. The summed E-state index contributed by atoms with van der Waals surface area (Å²) in [5.74, 6) is -14.7. The second-order valence-corrected chi connectivity index (χ2v) is 4.10. The zero-order valence-electron chi connectivity index (χ0n) is 9.07. The number of hydrogen-bond donors (Lipinski definition) is 1. The van der Waals surface area contributed by atoms with Gasteiger partial charge in [0.25, 0.3) is 0 Å². The summed E-state index contributed by atoms with van der Waals surface area (Å²) in [4.78, 5) is 0. The zero-order chi connectivity index (χ0) is 14.5. The Hall–Kier alpha value is 1.09. The average molecular weight is 387 g/mol. The Morgan fingerprint density at radius 3 is 1.22 bits per heavy atom.